The summed E-state index contributed by atoms with van der Waals surface area (Å²) in [6, 6.07) is 7.66. The van der Waals surface area contributed by atoms with E-state index in [1.54, 1.807) is 24.4 Å². The molecule has 3 aromatic heterocycles. The average Bonchev–Trinajstić information content (AvgIpc) is 2.98. The second kappa shape index (κ2) is 5.84. The van der Waals surface area contributed by atoms with E-state index in [0.717, 1.165) is 6.07 Å². The number of carbonyl (C=O) groups excluding carboxylic acids is 1. The van der Waals surface area contributed by atoms with E-state index < -0.39 is 17.6 Å². The summed E-state index contributed by atoms with van der Waals surface area (Å²) >= 11 is 0. The van der Waals surface area contributed by atoms with Crippen molar-refractivity contribution >= 4 is 22.9 Å². The Labute approximate surface area is 134 Å². The fourth-order valence-electron chi connectivity index (χ4n) is 2.15. The second-order valence-electron chi connectivity index (χ2n) is 4.92. The summed E-state index contributed by atoms with van der Waals surface area (Å²) < 4.78 is 39.9. The van der Waals surface area contributed by atoms with Crippen LogP contribution >= 0.6 is 0 Å². The first-order valence-electron chi connectivity index (χ1n) is 6.89. The molecule has 3 heterocycles. The zero-order chi connectivity index (χ0) is 17.3. The Morgan fingerprint density at radius 1 is 1.25 bits per heavy atom. The van der Waals surface area contributed by atoms with Crippen molar-refractivity contribution in [2.45, 2.75) is 6.18 Å². The third kappa shape index (κ3) is 3.00. The topological polar surface area (TPSA) is 71.3 Å². The molecule has 0 saturated heterocycles. The molecule has 0 saturated carbocycles. The number of nitrogens with zero attached hydrogens (tertiary/aromatic N) is 3. The molecular formula is C15H12F3N5O. The largest absolute Gasteiger partial charge is 0.417 e. The van der Waals surface area contributed by atoms with Gasteiger partial charge >= 0.3 is 6.18 Å². The van der Waals surface area contributed by atoms with Gasteiger partial charge < -0.3 is 10.6 Å². The summed E-state index contributed by atoms with van der Waals surface area (Å²) in [7, 11) is 1.50. The Morgan fingerprint density at radius 3 is 2.71 bits per heavy atom. The molecule has 0 fully saturated rings. The fraction of sp³-hybridized carbons (Fsp3) is 0.133. The first kappa shape index (κ1) is 15.8. The van der Waals surface area contributed by atoms with Crippen molar-refractivity contribution in [3.05, 3.63) is 54.0 Å². The van der Waals surface area contributed by atoms with Crippen LogP contribution in [0, 0.1) is 0 Å². The predicted octanol–water partition coefficient (Wildman–Crippen LogP) is 3.04. The van der Waals surface area contributed by atoms with Crippen LogP contribution in [0.5, 0.6) is 0 Å². The summed E-state index contributed by atoms with van der Waals surface area (Å²) in [5.74, 6) is -0.503. The quantitative estimate of drug-likeness (QED) is 0.772. The van der Waals surface area contributed by atoms with Gasteiger partial charge in [0.15, 0.2) is 5.69 Å². The van der Waals surface area contributed by atoms with Crippen molar-refractivity contribution in [3.8, 4) is 0 Å². The van der Waals surface area contributed by atoms with Crippen LogP contribution in [0.4, 0.5) is 24.7 Å². The molecule has 3 rings (SSSR count). The highest BCUT2D eigenvalue weighted by Crippen LogP contribution is 2.32. The maximum Gasteiger partial charge on any atom is 0.417 e. The molecule has 124 valence electrons. The number of aromatic nitrogens is 3. The van der Waals surface area contributed by atoms with Gasteiger partial charge in [0.1, 0.15) is 5.82 Å². The first-order chi connectivity index (χ1) is 11.4. The zero-order valence-electron chi connectivity index (χ0n) is 12.4. The molecule has 6 nitrogen and oxygen atoms in total. The van der Waals surface area contributed by atoms with E-state index in [4.69, 9.17) is 0 Å². The first-order valence-corrected chi connectivity index (χ1v) is 6.89. The molecule has 0 aliphatic carbocycles. The van der Waals surface area contributed by atoms with Gasteiger partial charge in [-0.05, 0) is 24.3 Å². The van der Waals surface area contributed by atoms with Crippen LogP contribution in [0.1, 0.15) is 16.1 Å². The van der Waals surface area contributed by atoms with E-state index in [1.807, 2.05) is 0 Å². The molecule has 3 aromatic rings. The van der Waals surface area contributed by atoms with E-state index in [1.165, 1.54) is 17.6 Å². The summed E-state index contributed by atoms with van der Waals surface area (Å²) in [4.78, 5) is 16.0. The van der Waals surface area contributed by atoms with Gasteiger partial charge in [-0.15, -0.1) is 0 Å². The number of fused-ring (bicyclic) bond motifs is 1. The average molecular weight is 335 g/mol. The summed E-state index contributed by atoms with van der Waals surface area (Å²) in [5.41, 5.74) is -0.250. The third-order valence-corrected chi connectivity index (χ3v) is 3.30. The van der Waals surface area contributed by atoms with Crippen LogP contribution in [0.25, 0.3) is 5.52 Å². The summed E-state index contributed by atoms with van der Waals surface area (Å²) in [5, 5.41) is 9.13. The molecule has 2 N–H and O–H groups in total. The number of anilines is 2. The van der Waals surface area contributed by atoms with E-state index in [2.05, 4.69) is 20.7 Å². The van der Waals surface area contributed by atoms with Gasteiger partial charge in [0.25, 0.3) is 5.91 Å². The monoisotopic (exact) mass is 335 g/mol. The van der Waals surface area contributed by atoms with Gasteiger partial charge in [-0.2, -0.15) is 18.3 Å². The highest BCUT2D eigenvalue weighted by Gasteiger charge is 2.32. The minimum atomic E-state index is -4.55. The molecule has 9 heteroatoms. The minimum absolute atomic E-state index is 0.0746. The van der Waals surface area contributed by atoms with Gasteiger partial charge in [-0.1, -0.05) is 6.07 Å². The Kier molecular flexibility index (Phi) is 3.84. The summed E-state index contributed by atoms with van der Waals surface area (Å²) in [6.07, 6.45) is -2.19. The number of hydrogen-bond donors (Lipinski definition) is 2. The molecule has 0 spiro atoms. The minimum Gasteiger partial charge on any atom is -0.371 e. The normalized spacial score (nSPS) is 11.5. The number of carbonyl (C=O) groups is 1. The van der Waals surface area contributed by atoms with Crippen molar-refractivity contribution in [1.82, 2.24) is 14.6 Å². The molecule has 24 heavy (non-hydrogen) atoms. The Balaban J connectivity index is 1.93. The van der Waals surface area contributed by atoms with Gasteiger partial charge in [-0.3, -0.25) is 4.79 Å². The van der Waals surface area contributed by atoms with E-state index in [-0.39, 0.29) is 17.2 Å². The molecule has 0 aliphatic heterocycles. The molecule has 0 aliphatic rings. The molecule has 0 aromatic carbocycles. The molecule has 0 atom stereocenters. The Hall–Kier alpha value is -3.10. The molecule has 0 bridgehead atoms. The Bertz CT molecular complexity index is 871. The predicted molar refractivity (Wildman–Crippen MR) is 81.9 cm³/mol. The van der Waals surface area contributed by atoms with Crippen molar-refractivity contribution in [1.29, 1.82) is 0 Å². The van der Waals surface area contributed by atoms with E-state index in [0.29, 0.717) is 11.7 Å². The van der Waals surface area contributed by atoms with Gasteiger partial charge in [0.2, 0.25) is 0 Å². The maximum absolute atomic E-state index is 12.8. The lowest BCUT2D eigenvalue weighted by molar-refractivity contribution is -0.137. The van der Waals surface area contributed by atoms with E-state index in [9.17, 15) is 18.0 Å². The van der Waals surface area contributed by atoms with Crippen molar-refractivity contribution < 1.29 is 18.0 Å². The molecule has 1 amide bonds. The lowest BCUT2D eigenvalue weighted by Gasteiger charge is -2.12. The van der Waals surface area contributed by atoms with Crippen LogP contribution in [0.15, 0.2) is 42.7 Å². The maximum atomic E-state index is 12.8. The summed E-state index contributed by atoms with van der Waals surface area (Å²) in [6.45, 7) is 0. The number of hydrogen-bond acceptors (Lipinski definition) is 4. The smallest absolute Gasteiger partial charge is 0.371 e. The Morgan fingerprint density at radius 2 is 2.04 bits per heavy atom. The highest BCUT2D eigenvalue weighted by molar-refractivity contribution is 6.05. The number of halogens is 3. The van der Waals surface area contributed by atoms with E-state index >= 15 is 0 Å². The fourth-order valence-corrected chi connectivity index (χ4v) is 2.15. The van der Waals surface area contributed by atoms with Crippen molar-refractivity contribution in [2.24, 2.45) is 0 Å². The SMILES string of the molecule is CNc1ncc(C(F)(F)F)cc1NC(=O)c1cc2ccccn2n1. The number of nitrogens with one attached hydrogen (secondary N) is 2. The van der Waals surface area contributed by atoms with Crippen LogP contribution in [-0.4, -0.2) is 27.6 Å². The standard InChI is InChI=1S/C15H12F3N5O/c1-19-13-11(6-9(8-20-13)15(16,17)18)21-14(24)12-7-10-4-2-3-5-23(10)22-12/h2-8H,1H3,(H,19,20)(H,21,24). The van der Waals surface area contributed by atoms with Crippen molar-refractivity contribution in [2.75, 3.05) is 17.7 Å². The number of pyridine rings is 2. The third-order valence-electron chi connectivity index (χ3n) is 3.30. The van der Waals surface area contributed by atoms with Crippen LogP contribution in [0.3, 0.4) is 0 Å². The van der Waals surface area contributed by atoms with Gasteiger partial charge in [0.05, 0.1) is 16.8 Å². The molecular weight excluding hydrogens is 323 g/mol. The van der Waals surface area contributed by atoms with Gasteiger partial charge in [0, 0.05) is 19.4 Å². The number of alkyl halides is 3. The number of rotatable bonds is 3. The van der Waals surface area contributed by atoms with Crippen LogP contribution in [0.2, 0.25) is 0 Å². The molecule has 0 unspecified atom stereocenters. The van der Waals surface area contributed by atoms with Gasteiger partial charge in [-0.25, -0.2) is 9.50 Å². The zero-order valence-corrected chi connectivity index (χ0v) is 12.4. The highest BCUT2D eigenvalue weighted by atomic mass is 19.4. The van der Waals surface area contributed by atoms with Crippen LogP contribution in [-0.2, 0) is 6.18 Å². The number of amides is 1. The second-order valence-corrected chi connectivity index (χ2v) is 4.92. The lowest BCUT2D eigenvalue weighted by Crippen LogP contribution is -2.16. The lowest BCUT2D eigenvalue weighted by atomic mass is 10.2. The molecule has 0 radical (unpaired) electrons. The van der Waals surface area contributed by atoms with Crippen LogP contribution < -0.4 is 10.6 Å². The van der Waals surface area contributed by atoms with Crippen molar-refractivity contribution in [3.63, 3.8) is 0 Å².